The maximum atomic E-state index is 14.7. The van der Waals surface area contributed by atoms with Gasteiger partial charge in [-0.25, -0.2) is 9.18 Å². The molecule has 7 nitrogen and oxygen atoms in total. The molecule has 4 aliphatic rings. The third kappa shape index (κ3) is 5.23. The lowest BCUT2D eigenvalue weighted by molar-refractivity contribution is -0.0452. The Morgan fingerprint density at radius 3 is 2.62 bits per heavy atom. The topological polar surface area (TPSA) is 74.3 Å². The maximum absolute atomic E-state index is 14.7. The van der Waals surface area contributed by atoms with Gasteiger partial charge >= 0.3 is 5.97 Å². The molecule has 9 heteroatoms. The summed E-state index contributed by atoms with van der Waals surface area (Å²) in [7, 11) is 0. The first kappa shape index (κ1) is 27.3. The van der Waals surface area contributed by atoms with Gasteiger partial charge in [0, 0.05) is 35.8 Å². The standard InChI is InChI=1S/C33H33ClFN3O4/c34-23-6-7-26(27(35)17-23)30-9-5-21-2-1-3-25(32(21)42-30)20-10-13-37(14-11-20)19-31-36-28-16-22(33(39)40)4-8-29(28)38(31)18-24-12-15-41-24/h1-9,16-17,20,24,30-31,36H,10-15,18-19H2,(H,39,40)/t24-,30+,31?/m0/s1. The monoisotopic (exact) mass is 589 g/mol. The lowest BCUT2D eigenvalue weighted by Crippen LogP contribution is -2.51. The highest BCUT2D eigenvalue weighted by molar-refractivity contribution is 6.30. The van der Waals surface area contributed by atoms with Gasteiger partial charge in [0.25, 0.3) is 0 Å². The first-order valence-corrected chi connectivity index (χ1v) is 15.0. The van der Waals surface area contributed by atoms with Crippen LogP contribution < -0.4 is 15.0 Å². The Bertz CT molecular complexity index is 1540. The number of anilines is 2. The summed E-state index contributed by atoms with van der Waals surface area (Å²) in [5, 5.41) is 13.4. The van der Waals surface area contributed by atoms with E-state index < -0.39 is 12.1 Å². The highest BCUT2D eigenvalue weighted by Gasteiger charge is 2.35. The number of rotatable bonds is 7. The predicted molar refractivity (Wildman–Crippen MR) is 161 cm³/mol. The van der Waals surface area contributed by atoms with Gasteiger partial charge < -0.3 is 24.8 Å². The zero-order chi connectivity index (χ0) is 28.8. The molecule has 218 valence electrons. The van der Waals surface area contributed by atoms with Crippen molar-refractivity contribution in [2.45, 2.75) is 43.6 Å². The average Bonchev–Trinajstić information content (AvgIpc) is 3.30. The molecule has 4 heterocycles. The van der Waals surface area contributed by atoms with E-state index in [9.17, 15) is 14.3 Å². The van der Waals surface area contributed by atoms with E-state index in [1.54, 1.807) is 24.3 Å². The molecular weight excluding hydrogens is 557 g/mol. The van der Waals surface area contributed by atoms with Gasteiger partial charge in [0.2, 0.25) is 0 Å². The Morgan fingerprint density at radius 1 is 1.05 bits per heavy atom. The van der Waals surface area contributed by atoms with E-state index in [0.29, 0.717) is 16.5 Å². The Balaban J connectivity index is 1.03. The molecule has 42 heavy (non-hydrogen) atoms. The van der Waals surface area contributed by atoms with Gasteiger partial charge in [0.1, 0.15) is 23.8 Å². The SMILES string of the molecule is O=C(O)c1ccc2c(c1)NC(CN1CCC(c3cccc4c3O[C@@H](c3ccc(Cl)cc3F)C=C4)CC1)N2C[C@@H]1CCO1. The molecule has 2 N–H and O–H groups in total. The summed E-state index contributed by atoms with van der Waals surface area (Å²) in [4.78, 5) is 16.4. The number of benzene rings is 3. The molecule has 4 aliphatic heterocycles. The normalized spacial score (nSPS) is 23.5. The number of ether oxygens (including phenoxy) is 2. The lowest BCUT2D eigenvalue weighted by atomic mass is 9.87. The highest BCUT2D eigenvalue weighted by atomic mass is 35.5. The second kappa shape index (κ2) is 11.2. The third-order valence-corrected chi connectivity index (χ3v) is 9.18. The van der Waals surface area contributed by atoms with Gasteiger partial charge in [-0.05, 0) is 80.2 Å². The molecule has 7 rings (SSSR count). The third-order valence-electron chi connectivity index (χ3n) is 8.94. The van der Waals surface area contributed by atoms with Gasteiger partial charge in [0.15, 0.2) is 0 Å². The number of carboxylic acids is 1. The lowest BCUT2D eigenvalue weighted by Gasteiger charge is -2.39. The van der Waals surface area contributed by atoms with Crippen molar-refractivity contribution >= 4 is 35.0 Å². The van der Waals surface area contributed by atoms with Crippen molar-refractivity contribution in [3.63, 3.8) is 0 Å². The number of hydrogen-bond acceptors (Lipinski definition) is 6. The molecule has 0 radical (unpaired) electrons. The number of carboxylic acid groups (broad SMARTS) is 1. The molecule has 0 aromatic heterocycles. The van der Waals surface area contributed by atoms with Crippen LogP contribution in [0.25, 0.3) is 6.08 Å². The van der Waals surface area contributed by atoms with Crippen LogP contribution in [0.4, 0.5) is 15.8 Å². The molecule has 3 aromatic carbocycles. The fourth-order valence-electron chi connectivity index (χ4n) is 6.57. The number of fused-ring (bicyclic) bond motifs is 2. The number of aromatic carboxylic acids is 1. The highest BCUT2D eigenvalue weighted by Crippen LogP contribution is 2.43. The molecule has 2 fully saturated rings. The first-order chi connectivity index (χ1) is 20.4. The van der Waals surface area contributed by atoms with Crippen LogP contribution in [0.1, 0.15) is 58.3 Å². The molecule has 2 saturated heterocycles. The number of carbonyl (C=O) groups is 1. The summed E-state index contributed by atoms with van der Waals surface area (Å²) >= 11 is 5.97. The van der Waals surface area contributed by atoms with E-state index in [-0.39, 0.29) is 23.7 Å². The predicted octanol–water partition coefficient (Wildman–Crippen LogP) is 6.55. The summed E-state index contributed by atoms with van der Waals surface area (Å²) in [6.07, 6.45) is 6.67. The molecule has 0 bridgehead atoms. The average molecular weight is 590 g/mol. The van der Waals surface area contributed by atoms with E-state index in [1.807, 2.05) is 24.3 Å². The quantitative estimate of drug-likeness (QED) is 0.324. The molecule has 1 unspecified atom stereocenters. The van der Waals surface area contributed by atoms with E-state index in [2.05, 4.69) is 27.2 Å². The molecule has 0 amide bonds. The summed E-state index contributed by atoms with van der Waals surface area (Å²) in [6, 6.07) is 16.3. The summed E-state index contributed by atoms with van der Waals surface area (Å²) in [5.74, 6) is -0.117. The van der Waals surface area contributed by atoms with Crippen LogP contribution in [0.3, 0.4) is 0 Å². The van der Waals surface area contributed by atoms with Crippen LogP contribution in [-0.4, -0.2) is 61.0 Å². The zero-order valence-electron chi connectivity index (χ0n) is 23.1. The molecule has 0 aliphatic carbocycles. The van der Waals surface area contributed by atoms with E-state index in [1.165, 1.54) is 11.6 Å². The van der Waals surface area contributed by atoms with Crippen LogP contribution in [-0.2, 0) is 4.74 Å². The van der Waals surface area contributed by atoms with Crippen molar-refractivity contribution < 1.29 is 23.8 Å². The van der Waals surface area contributed by atoms with Crippen LogP contribution in [0.15, 0.2) is 60.7 Å². The van der Waals surface area contributed by atoms with Crippen molar-refractivity contribution in [1.82, 2.24) is 4.90 Å². The summed E-state index contributed by atoms with van der Waals surface area (Å²) in [5.41, 5.74) is 4.84. The second-order valence-corrected chi connectivity index (χ2v) is 12.0. The fraction of sp³-hybridized carbons (Fsp3) is 0.364. The van der Waals surface area contributed by atoms with Crippen LogP contribution in [0, 0.1) is 5.82 Å². The molecular formula is C33H33ClFN3O4. The van der Waals surface area contributed by atoms with Crippen molar-refractivity contribution in [1.29, 1.82) is 0 Å². The fourth-order valence-corrected chi connectivity index (χ4v) is 6.73. The zero-order valence-corrected chi connectivity index (χ0v) is 23.9. The number of nitrogens with one attached hydrogen (secondary N) is 1. The number of nitrogens with zero attached hydrogens (tertiary/aromatic N) is 2. The molecule has 0 saturated carbocycles. The van der Waals surface area contributed by atoms with Crippen LogP contribution in [0.2, 0.25) is 5.02 Å². The summed E-state index contributed by atoms with van der Waals surface area (Å²) < 4.78 is 26.9. The van der Waals surface area contributed by atoms with Gasteiger partial charge in [-0.3, -0.25) is 4.90 Å². The molecule has 3 aromatic rings. The minimum absolute atomic E-state index is 0.0396. The Labute approximate surface area is 249 Å². The van der Waals surface area contributed by atoms with Gasteiger partial charge in [-0.15, -0.1) is 0 Å². The van der Waals surface area contributed by atoms with Crippen molar-refractivity contribution in [3.05, 3.63) is 93.8 Å². The van der Waals surface area contributed by atoms with E-state index in [4.69, 9.17) is 21.1 Å². The number of halogens is 2. The van der Waals surface area contributed by atoms with E-state index in [0.717, 1.165) is 74.7 Å². The Morgan fingerprint density at radius 2 is 1.88 bits per heavy atom. The Hall–Kier alpha value is -3.59. The van der Waals surface area contributed by atoms with Crippen molar-refractivity contribution in [3.8, 4) is 5.75 Å². The van der Waals surface area contributed by atoms with Crippen molar-refractivity contribution in [2.75, 3.05) is 43.0 Å². The maximum Gasteiger partial charge on any atom is 0.335 e. The van der Waals surface area contributed by atoms with Crippen LogP contribution >= 0.6 is 11.6 Å². The number of piperidine rings is 1. The smallest absolute Gasteiger partial charge is 0.335 e. The van der Waals surface area contributed by atoms with Crippen molar-refractivity contribution in [2.24, 2.45) is 0 Å². The number of hydrogen-bond donors (Lipinski definition) is 2. The summed E-state index contributed by atoms with van der Waals surface area (Å²) in [6.45, 7) is 4.27. The minimum atomic E-state index is -0.925. The van der Waals surface area contributed by atoms with Gasteiger partial charge in [0.05, 0.1) is 23.0 Å². The molecule has 3 atom stereocenters. The number of para-hydroxylation sites is 1. The largest absolute Gasteiger partial charge is 0.481 e. The minimum Gasteiger partial charge on any atom is -0.481 e. The van der Waals surface area contributed by atoms with Crippen LogP contribution in [0.5, 0.6) is 5.75 Å². The van der Waals surface area contributed by atoms with Gasteiger partial charge in [-0.1, -0.05) is 41.9 Å². The second-order valence-electron chi connectivity index (χ2n) is 11.5. The van der Waals surface area contributed by atoms with E-state index >= 15 is 0 Å². The first-order valence-electron chi connectivity index (χ1n) is 14.6. The van der Waals surface area contributed by atoms with Gasteiger partial charge in [-0.2, -0.15) is 0 Å². The molecule has 0 spiro atoms. The Kier molecular flexibility index (Phi) is 7.30. The number of likely N-dealkylation sites (tertiary alicyclic amines) is 1.